The van der Waals surface area contributed by atoms with Crippen molar-refractivity contribution in [3.63, 3.8) is 0 Å². The molecule has 0 aliphatic carbocycles. The topological polar surface area (TPSA) is 97.0 Å². The number of pyridine rings is 1. The standard InChI is InChI=1S/C19H15F4N5O2/c1-12(29)2-3-13-4-7-17(24-9-13)19(22,23)18(30,10-28-11-25-26-27-28)15-6-5-14(20)8-16(15)21/h4-9,11-12,29-30H,10H2,1H3. The van der Waals surface area contributed by atoms with Gasteiger partial charge in [-0.1, -0.05) is 11.8 Å². The van der Waals surface area contributed by atoms with Gasteiger partial charge in [0.05, 0.1) is 6.54 Å². The molecule has 2 N–H and O–H groups in total. The summed E-state index contributed by atoms with van der Waals surface area (Å²) in [5, 5.41) is 30.3. The third-order valence-corrected chi connectivity index (χ3v) is 4.19. The highest BCUT2D eigenvalue weighted by atomic mass is 19.3. The highest BCUT2D eigenvalue weighted by molar-refractivity contribution is 5.36. The summed E-state index contributed by atoms with van der Waals surface area (Å²) in [7, 11) is 0. The molecule has 2 unspecified atom stereocenters. The maximum Gasteiger partial charge on any atom is 0.323 e. The predicted molar refractivity (Wildman–Crippen MR) is 94.8 cm³/mol. The van der Waals surface area contributed by atoms with Gasteiger partial charge in [-0.15, -0.1) is 5.10 Å². The zero-order valence-electron chi connectivity index (χ0n) is 15.5. The van der Waals surface area contributed by atoms with Crippen molar-refractivity contribution in [1.82, 2.24) is 25.2 Å². The first-order valence-corrected chi connectivity index (χ1v) is 8.56. The van der Waals surface area contributed by atoms with Gasteiger partial charge in [0.1, 0.15) is 29.8 Å². The number of benzene rings is 1. The molecule has 3 rings (SSSR count). The SMILES string of the molecule is CC(O)C#Cc1ccc(C(F)(F)C(O)(Cn2cnnn2)c2ccc(F)cc2F)nc1. The quantitative estimate of drug-likeness (QED) is 0.482. The Bertz CT molecular complexity index is 1080. The van der Waals surface area contributed by atoms with E-state index in [0.717, 1.165) is 35.4 Å². The summed E-state index contributed by atoms with van der Waals surface area (Å²) in [6.07, 6.45) is 1.07. The van der Waals surface area contributed by atoms with E-state index in [4.69, 9.17) is 0 Å². The van der Waals surface area contributed by atoms with Crippen LogP contribution in [0.15, 0.2) is 42.9 Å². The van der Waals surface area contributed by atoms with Crippen molar-refractivity contribution in [2.45, 2.75) is 31.1 Å². The van der Waals surface area contributed by atoms with Crippen molar-refractivity contribution in [1.29, 1.82) is 0 Å². The molecule has 2 heterocycles. The lowest BCUT2D eigenvalue weighted by Gasteiger charge is -2.35. The van der Waals surface area contributed by atoms with Crippen LogP contribution in [0, 0.1) is 23.5 Å². The Kier molecular flexibility index (Phi) is 5.82. The van der Waals surface area contributed by atoms with Gasteiger partial charge >= 0.3 is 5.92 Å². The minimum atomic E-state index is -4.14. The minimum Gasteiger partial charge on any atom is -0.381 e. The van der Waals surface area contributed by atoms with Crippen molar-refractivity contribution >= 4 is 0 Å². The molecule has 11 heteroatoms. The van der Waals surface area contributed by atoms with E-state index in [1.54, 1.807) is 0 Å². The van der Waals surface area contributed by atoms with Gasteiger partial charge < -0.3 is 10.2 Å². The summed E-state index contributed by atoms with van der Waals surface area (Å²) in [4.78, 5) is 3.64. The predicted octanol–water partition coefficient (Wildman–Crippen LogP) is 1.76. The third-order valence-electron chi connectivity index (χ3n) is 4.19. The number of alkyl halides is 2. The Morgan fingerprint density at radius 1 is 1.20 bits per heavy atom. The molecule has 2 aromatic heterocycles. The molecule has 30 heavy (non-hydrogen) atoms. The van der Waals surface area contributed by atoms with E-state index in [-0.39, 0.29) is 5.56 Å². The lowest BCUT2D eigenvalue weighted by atomic mass is 9.84. The van der Waals surface area contributed by atoms with Crippen molar-refractivity contribution < 1.29 is 27.8 Å². The molecule has 156 valence electrons. The van der Waals surface area contributed by atoms with E-state index in [9.17, 15) is 19.0 Å². The van der Waals surface area contributed by atoms with E-state index < -0.39 is 47.1 Å². The Morgan fingerprint density at radius 2 is 1.97 bits per heavy atom. The van der Waals surface area contributed by atoms with Crippen LogP contribution in [-0.4, -0.2) is 41.5 Å². The first-order valence-electron chi connectivity index (χ1n) is 8.56. The molecule has 1 aromatic carbocycles. The van der Waals surface area contributed by atoms with E-state index in [2.05, 4.69) is 32.4 Å². The second kappa shape index (κ2) is 8.17. The largest absolute Gasteiger partial charge is 0.381 e. The summed E-state index contributed by atoms with van der Waals surface area (Å²) in [6.45, 7) is 0.486. The maximum absolute atomic E-state index is 15.5. The number of rotatable bonds is 5. The molecule has 2 atom stereocenters. The summed E-state index contributed by atoms with van der Waals surface area (Å²) in [5.41, 5.74) is -4.71. The van der Waals surface area contributed by atoms with Crippen LogP contribution >= 0.6 is 0 Å². The van der Waals surface area contributed by atoms with Crippen molar-refractivity contribution in [2.75, 3.05) is 0 Å². The van der Waals surface area contributed by atoms with Crippen molar-refractivity contribution in [2.24, 2.45) is 0 Å². The van der Waals surface area contributed by atoms with E-state index in [1.807, 2.05) is 0 Å². The molecule has 0 amide bonds. The van der Waals surface area contributed by atoms with Crippen LogP contribution < -0.4 is 0 Å². The minimum absolute atomic E-state index is 0.243. The van der Waals surface area contributed by atoms with Crippen LogP contribution in [0.1, 0.15) is 23.7 Å². The lowest BCUT2D eigenvalue weighted by molar-refractivity contribution is -0.207. The molecule has 0 bridgehead atoms. The fourth-order valence-corrected chi connectivity index (χ4v) is 2.72. The average molecular weight is 421 g/mol. The van der Waals surface area contributed by atoms with Crippen LogP contribution in [0.3, 0.4) is 0 Å². The molecule has 0 fully saturated rings. The number of halogens is 4. The van der Waals surface area contributed by atoms with Crippen molar-refractivity contribution in [3.8, 4) is 11.8 Å². The lowest BCUT2D eigenvalue weighted by Crippen LogP contribution is -2.48. The molecule has 0 radical (unpaired) electrons. The molecule has 3 aromatic rings. The molecule has 0 aliphatic rings. The maximum atomic E-state index is 15.5. The van der Waals surface area contributed by atoms with Gasteiger partial charge in [0.25, 0.3) is 0 Å². The molecule has 0 spiro atoms. The number of hydrogen-bond acceptors (Lipinski definition) is 6. The van der Waals surface area contributed by atoms with Crippen molar-refractivity contribution in [3.05, 3.63) is 71.3 Å². The first-order chi connectivity index (χ1) is 14.1. The Morgan fingerprint density at radius 3 is 2.53 bits per heavy atom. The summed E-state index contributed by atoms with van der Waals surface area (Å²) < 4.78 is 59.5. The van der Waals surface area contributed by atoms with Gasteiger partial charge in [0, 0.05) is 23.4 Å². The van der Waals surface area contributed by atoms with Gasteiger partial charge in [-0.3, -0.25) is 4.98 Å². The fraction of sp³-hybridized carbons (Fsp3) is 0.263. The highest BCUT2D eigenvalue weighted by Gasteiger charge is 2.57. The van der Waals surface area contributed by atoms with E-state index in [0.29, 0.717) is 6.07 Å². The normalized spacial score (nSPS) is 14.5. The number of aromatic nitrogens is 5. The van der Waals surface area contributed by atoms with Gasteiger partial charge in [-0.2, -0.15) is 8.78 Å². The second-order valence-corrected chi connectivity index (χ2v) is 6.44. The van der Waals surface area contributed by atoms with Gasteiger partial charge in [-0.05, 0) is 41.6 Å². The smallest absolute Gasteiger partial charge is 0.323 e. The molecular formula is C19H15F4N5O2. The van der Waals surface area contributed by atoms with Crippen LogP contribution in [0.4, 0.5) is 17.6 Å². The van der Waals surface area contributed by atoms with Gasteiger partial charge in [0.15, 0.2) is 5.60 Å². The molecular weight excluding hydrogens is 406 g/mol. The number of aliphatic hydroxyl groups is 2. The monoisotopic (exact) mass is 421 g/mol. The van der Waals surface area contributed by atoms with Gasteiger partial charge in [0.2, 0.25) is 0 Å². The molecule has 7 nitrogen and oxygen atoms in total. The number of nitrogens with zero attached hydrogens (tertiary/aromatic N) is 5. The van der Waals surface area contributed by atoms with Crippen LogP contribution in [0.25, 0.3) is 0 Å². The highest BCUT2D eigenvalue weighted by Crippen LogP contribution is 2.46. The summed E-state index contributed by atoms with van der Waals surface area (Å²) in [6, 6.07) is 3.99. The fourth-order valence-electron chi connectivity index (χ4n) is 2.72. The number of aliphatic hydroxyl groups excluding tert-OH is 1. The average Bonchev–Trinajstić information content (AvgIpc) is 3.19. The molecule has 0 aliphatic heterocycles. The van der Waals surface area contributed by atoms with Crippen LogP contribution in [0.5, 0.6) is 0 Å². The van der Waals surface area contributed by atoms with Crippen LogP contribution in [0.2, 0.25) is 0 Å². The number of hydrogen-bond donors (Lipinski definition) is 2. The van der Waals surface area contributed by atoms with E-state index >= 15 is 8.78 Å². The Hall–Kier alpha value is -3.36. The zero-order chi connectivity index (χ0) is 21.9. The molecule has 0 saturated heterocycles. The second-order valence-electron chi connectivity index (χ2n) is 6.44. The zero-order valence-corrected chi connectivity index (χ0v) is 15.5. The summed E-state index contributed by atoms with van der Waals surface area (Å²) >= 11 is 0. The Balaban J connectivity index is 2.09. The molecule has 0 saturated carbocycles. The first kappa shape index (κ1) is 21.4. The third kappa shape index (κ3) is 4.14. The van der Waals surface area contributed by atoms with Crippen LogP contribution in [-0.2, 0) is 18.1 Å². The Labute approximate surface area is 168 Å². The van der Waals surface area contributed by atoms with Gasteiger partial charge in [-0.25, -0.2) is 13.5 Å². The summed E-state index contributed by atoms with van der Waals surface area (Å²) in [5.74, 6) is -1.53. The number of tetrazole rings is 1. The van der Waals surface area contributed by atoms with E-state index in [1.165, 1.54) is 13.0 Å².